The summed E-state index contributed by atoms with van der Waals surface area (Å²) >= 11 is 5.94. The number of hydrogen-bond acceptors (Lipinski definition) is 5. The van der Waals surface area contributed by atoms with E-state index in [-0.39, 0.29) is 5.92 Å². The number of rotatable bonds is 2. The van der Waals surface area contributed by atoms with Crippen LogP contribution in [0.5, 0.6) is 0 Å². The van der Waals surface area contributed by atoms with E-state index in [0.29, 0.717) is 29.9 Å². The standard InChI is InChI=1S/C11H16ClN3O2/c1-6(2)11-13-9(12)3-10(14-11)15-4-7(16)8(17)5-15/h3,6-8,16-17H,4-5H2,1-2H3. The maximum Gasteiger partial charge on any atom is 0.135 e. The molecular formula is C11H16ClN3O2. The number of halogens is 1. The molecule has 0 aliphatic carbocycles. The van der Waals surface area contributed by atoms with E-state index in [1.807, 2.05) is 18.7 Å². The molecule has 2 rings (SSSR count). The molecule has 0 bridgehead atoms. The van der Waals surface area contributed by atoms with Crippen molar-refractivity contribution in [2.75, 3.05) is 18.0 Å². The average Bonchev–Trinajstić information content (AvgIpc) is 2.58. The van der Waals surface area contributed by atoms with Gasteiger partial charge in [-0.15, -0.1) is 0 Å². The predicted octanol–water partition coefficient (Wildman–Crippen LogP) is 0.795. The molecule has 0 aromatic carbocycles. The van der Waals surface area contributed by atoms with E-state index in [0.717, 1.165) is 0 Å². The Morgan fingerprint density at radius 1 is 1.29 bits per heavy atom. The minimum Gasteiger partial charge on any atom is -0.389 e. The highest BCUT2D eigenvalue weighted by Crippen LogP contribution is 2.23. The molecule has 5 nitrogen and oxygen atoms in total. The Bertz CT molecular complexity index is 404. The Hall–Kier alpha value is -0.910. The second-order valence-electron chi connectivity index (χ2n) is 4.60. The lowest BCUT2D eigenvalue weighted by Crippen LogP contribution is -2.23. The van der Waals surface area contributed by atoms with E-state index in [2.05, 4.69) is 9.97 Å². The average molecular weight is 258 g/mol. The predicted molar refractivity (Wildman–Crippen MR) is 65.4 cm³/mol. The molecule has 0 spiro atoms. The molecule has 2 heterocycles. The summed E-state index contributed by atoms with van der Waals surface area (Å²) < 4.78 is 0. The van der Waals surface area contributed by atoms with Gasteiger partial charge in [0.2, 0.25) is 0 Å². The van der Waals surface area contributed by atoms with Crippen molar-refractivity contribution in [3.63, 3.8) is 0 Å². The molecular weight excluding hydrogens is 242 g/mol. The Morgan fingerprint density at radius 2 is 1.88 bits per heavy atom. The Labute approximate surface area is 105 Å². The summed E-state index contributed by atoms with van der Waals surface area (Å²) in [5.41, 5.74) is 0. The van der Waals surface area contributed by atoms with Gasteiger partial charge in [-0.3, -0.25) is 0 Å². The molecule has 1 aliphatic rings. The van der Waals surface area contributed by atoms with Crippen LogP contribution in [0.1, 0.15) is 25.6 Å². The van der Waals surface area contributed by atoms with Gasteiger partial charge in [-0.05, 0) is 0 Å². The van der Waals surface area contributed by atoms with Gasteiger partial charge >= 0.3 is 0 Å². The lowest BCUT2D eigenvalue weighted by atomic mass is 10.2. The SMILES string of the molecule is CC(C)c1nc(Cl)cc(N2CC(O)C(O)C2)n1. The van der Waals surface area contributed by atoms with Crippen LogP contribution in [0.2, 0.25) is 5.15 Å². The Morgan fingerprint density at radius 3 is 2.41 bits per heavy atom. The number of aliphatic hydroxyl groups is 2. The quantitative estimate of drug-likeness (QED) is 0.767. The zero-order chi connectivity index (χ0) is 12.6. The van der Waals surface area contributed by atoms with Gasteiger partial charge in [0.05, 0.1) is 12.2 Å². The van der Waals surface area contributed by atoms with Crippen LogP contribution in [0.15, 0.2) is 6.07 Å². The lowest BCUT2D eigenvalue weighted by molar-refractivity contribution is 0.0572. The highest BCUT2D eigenvalue weighted by molar-refractivity contribution is 6.29. The molecule has 94 valence electrons. The van der Waals surface area contributed by atoms with Crippen molar-refractivity contribution in [1.82, 2.24) is 9.97 Å². The summed E-state index contributed by atoms with van der Waals surface area (Å²) in [5, 5.41) is 19.4. The minimum absolute atomic E-state index is 0.185. The topological polar surface area (TPSA) is 69.5 Å². The number of aromatic nitrogens is 2. The third kappa shape index (κ3) is 2.68. The minimum atomic E-state index is -0.730. The normalized spacial score (nSPS) is 24.7. The van der Waals surface area contributed by atoms with Gasteiger partial charge in [-0.1, -0.05) is 25.4 Å². The number of hydrogen-bond donors (Lipinski definition) is 2. The van der Waals surface area contributed by atoms with Crippen molar-refractivity contribution in [3.8, 4) is 0 Å². The summed E-state index contributed by atoms with van der Waals surface area (Å²) in [5.74, 6) is 1.51. The molecule has 1 fully saturated rings. The summed E-state index contributed by atoms with van der Waals surface area (Å²) in [7, 11) is 0. The molecule has 17 heavy (non-hydrogen) atoms. The first-order valence-electron chi connectivity index (χ1n) is 5.63. The molecule has 1 aromatic rings. The molecule has 6 heteroatoms. The fourth-order valence-electron chi connectivity index (χ4n) is 1.80. The fourth-order valence-corrected chi connectivity index (χ4v) is 1.98. The van der Waals surface area contributed by atoms with Crippen molar-refractivity contribution in [1.29, 1.82) is 0 Å². The van der Waals surface area contributed by atoms with Crippen molar-refractivity contribution in [3.05, 3.63) is 17.0 Å². The highest BCUT2D eigenvalue weighted by atomic mass is 35.5. The fraction of sp³-hybridized carbons (Fsp3) is 0.636. The van der Waals surface area contributed by atoms with Crippen LogP contribution < -0.4 is 4.90 Å². The smallest absolute Gasteiger partial charge is 0.135 e. The summed E-state index contributed by atoms with van der Waals surface area (Å²) in [6.45, 7) is 4.71. The molecule has 2 atom stereocenters. The maximum atomic E-state index is 9.51. The zero-order valence-electron chi connectivity index (χ0n) is 9.84. The number of aliphatic hydroxyl groups excluding tert-OH is 2. The van der Waals surface area contributed by atoms with Gasteiger partial charge < -0.3 is 15.1 Å². The van der Waals surface area contributed by atoms with Gasteiger partial charge in [0.1, 0.15) is 16.8 Å². The van der Waals surface area contributed by atoms with E-state index in [1.54, 1.807) is 6.07 Å². The monoisotopic (exact) mass is 257 g/mol. The second kappa shape index (κ2) is 4.76. The first kappa shape index (κ1) is 12.5. The number of nitrogens with zero attached hydrogens (tertiary/aromatic N) is 3. The third-order valence-corrected chi connectivity index (χ3v) is 2.99. The largest absolute Gasteiger partial charge is 0.389 e. The van der Waals surface area contributed by atoms with E-state index in [9.17, 15) is 10.2 Å². The van der Waals surface area contributed by atoms with Crippen LogP contribution in [0, 0.1) is 0 Å². The number of anilines is 1. The van der Waals surface area contributed by atoms with Crippen molar-refractivity contribution in [2.24, 2.45) is 0 Å². The summed E-state index contributed by atoms with van der Waals surface area (Å²) in [6, 6.07) is 1.65. The summed E-state index contributed by atoms with van der Waals surface area (Å²) in [4.78, 5) is 10.4. The Balaban J connectivity index is 2.27. The van der Waals surface area contributed by atoms with Gasteiger partial charge in [-0.2, -0.15) is 0 Å². The van der Waals surface area contributed by atoms with Gasteiger partial charge in [0.15, 0.2) is 0 Å². The molecule has 1 aromatic heterocycles. The van der Waals surface area contributed by atoms with Gasteiger partial charge in [0.25, 0.3) is 0 Å². The van der Waals surface area contributed by atoms with Crippen LogP contribution in [0.3, 0.4) is 0 Å². The first-order chi connectivity index (χ1) is 7.97. The van der Waals surface area contributed by atoms with Crippen molar-refractivity contribution in [2.45, 2.75) is 32.0 Å². The molecule has 1 saturated heterocycles. The molecule has 0 amide bonds. The molecule has 0 radical (unpaired) electrons. The Kier molecular flexibility index (Phi) is 3.51. The molecule has 1 aliphatic heterocycles. The van der Waals surface area contributed by atoms with Crippen molar-refractivity contribution < 1.29 is 10.2 Å². The van der Waals surface area contributed by atoms with Crippen molar-refractivity contribution >= 4 is 17.4 Å². The van der Waals surface area contributed by atoms with E-state index in [1.165, 1.54) is 0 Å². The lowest BCUT2D eigenvalue weighted by Gasteiger charge is -2.17. The molecule has 0 saturated carbocycles. The van der Waals surface area contributed by atoms with Gasteiger partial charge in [-0.25, -0.2) is 9.97 Å². The van der Waals surface area contributed by atoms with E-state index in [4.69, 9.17) is 11.6 Å². The van der Waals surface area contributed by atoms with Crippen LogP contribution in [0.25, 0.3) is 0 Å². The third-order valence-electron chi connectivity index (χ3n) is 2.80. The van der Waals surface area contributed by atoms with Gasteiger partial charge in [0, 0.05) is 25.1 Å². The van der Waals surface area contributed by atoms with Crippen LogP contribution in [0.4, 0.5) is 5.82 Å². The van der Waals surface area contributed by atoms with E-state index >= 15 is 0 Å². The van der Waals surface area contributed by atoms with Crippen LogP contribution in [-0.2, 0) is 0 Å². The molecule has 2 unspecified atom stereocenters. The second-order valence-corrected chi connectivity index (χ2v) is 4.99. The van der Waals surface area contributed by atoms with Crippen LogP contribution >= 0.6 is 11.6 Å². The highest BCUT2D eigenvalue weighted by Gasteiger charge is 2.30. The van der Waals surface area contributed by atoms with Crippen LogP contribution in [-0.4, -0.2) is 45.5 Å². The van der Waals surface area contributed by atoms with E-state index < -0.39 is 12.2 Å². The summed E-state index contributed by atoms with van der Waals surface area (Å²) in [6.07, 6.45) is -1.46. The first-order valence-corrected chi connectivity index (χ1v) is 6.00. The molecule has 2 N–H and O–H groups in total. The maximum absolute atomic E-state index is 9.51. The number of β-amino-alcohol motifs (C(OH)–C–C–N with tert-alkyl or cyclic N) is 2. The zero-order valence-corrected chi connectivity index (χ0v) is 10.6.